The fourth-order valence-electron chi connectivity index (χ4n) is 1.80. The average Bonchev–Trinajstić information content (AvgIpc) is 2.69. The van der Waals surface area contributed by atoms with Gasteiger partial charge in [-0.3, -0.25) is 9.59 Å². The van der Waals surface area contributed by atoms with Crippen LogP contribution < -0.4 is 0 Å². The molecule has 1 aromatic rings. The maximum absolute atomic E-state index is 10.7. The maximum atomic E-state index is 10.7. The number of allylic oxidation sites excluding steroid dienone is 2. The molecular weight excluding hydrogens is 378 g/mol. The smallest absolute Gasteiger partial charge is 0.160 e. The van der Waals surface area contributed by atoms with Gasteiger partial charge < -0.3 is 4.79 Å². The summed E-state index contributed by atoms with van der Waals surface area (Å²) in [5.41, 5.74) is 1.57. The van der Waals surface area contributed by atoms with E-state index >= 15 is 0 Å². The zero-order chi connectivity index (χ0) is 23.7. The van der Waals surface area contributed by atoms with Gasteiger partial charge in [0.1, 0.15) is 18.6 Å². The van der Waals surface area contributed by atoms with Crippen LogP contribution in [0.1, 0.15) is 50.9 Å². The quantitative estimate of drug-likeness (QED) is 0.287. The van der Waals surface area contributed by atoms with Gasteiger partial charge in [-0.15, -0.1) is 0 Å². The SMILES string of the molecule is CC(C/C(CC=O)=C(\C#N)C=O)C(C)(C)C.CN(C)N(C)C.O=Cc1ccccc1. The Morgan fingerprint density at radius 3 is 1.80 bits per heavy atom. The van der Waals surface area contributed by atoms with Crippen LogP contribution in [0.25, 0.3) is 0 Å². The van der Waals surface area contributed by atoms with Crippen molar-refractivity contribution in [2.24, 2.45) is 11.3 Å². The number of hydrogen-bond donors (Lipinski definition) is 0. The minimum Gasteiger partial charge on any atom is -0.303 e. The molecule has 0 spiro atoms. The van der Waals surface area contributed by atoms with E-state index in [1.165, 1.54) is 0 Å². The minimum atomic E-state index is 0.0948. The lowest BCUT2D eigenvalue weighted by molar-refractivity contribution is -0.107. The van der Waals surface area contributed by atoms with E-state index in [1.54, 1.807) is 12.1 Å². The number of benzene rings is 1. The second kappa shape index (κ2) is 16.2. The zero-order valence-corrected chi connectivity index (χ0v) is 19.7. The first-order valence-electron chi connectivity index (χ1n) is 9.80. The van der Waals surface area contributed by atoms with Crippen molar-refractivity contribution in [3.63, 3.8) is 0 Å². The van der Waals surface area contributed by atoms with Gasteiger partial charge in [-0.25, -0.2) is 10.0 Å². The lowest BCUT2D eigenvalue weighted by Crippen LogP contribution is -2.28. The second-order valence-electron chi connectivity index (χ2n) is 8.31. The molecule has 1 unspecified atom stereocenters. The molecule has 0 aromatic heterocycles. The third-order valence-electron chi connectivity index (χ3n) is 4.72. The molecule has 0 aliphatic heterocycles. The Kier molecular flexibility index (Phi) is 16.0. The molecule has 1 rings (SSSR count). The molecule has 6 nitrogen and oxygen atoms in total. The van der Waals surface area contributed by atoms with Crippen LogP contribution in [0.5, 0.6) is 0 Å². The van der Waals surface area contributed by atoms with E-state index in [4.69, 9.17) is 5.26 Å². The lowest BCUT2D eigenvalue weighted by atomic mass is 9.77. The summed E-state index contributed by atoms with van der Waals surface area (Å²) in [5.74, 6) is 0.311. The Morgan fingerprint density at radius 2 is 1.53 bits per heavy atom. The Hall–Kier alpha value is -2.62. The molecule has 166 valence electrons. The van der Waals surface area contributed by atoms with E-state index in [0.29, 0.717) is 24.2 Å². The van der Waals surface area contributed by atoms with Gasteiger partial charge in [-0.05, 0) is 23.3 Å². The van der Waals surface area contributed by atoms with E-state index in [9.17, 15) is 14.4 Å². The van der Waals surface area contributed by atoms with E-state index < -0.39 is 0 Å². The van der Waals surface area contributed by atoms with Gasteiger partial charge in [-0.2, -0.15) is 5.26 Å². The molecule has 0 heterocycles. The van der Waals surface area contributed by atoms with Gasteiger partial charge in [-0.1, -0.05) is 58.0 Å². The zero-order valence-electron chi connectivity index (χ0n) is 19.7. The Balaban J connectivity index is 0. The number of carbonyl (C=O) groups excluding carboxylic acids is 3. The van der Waals surface area contributed by atoms with Crippen LogP contribution in [0.2, 0.25) is 0 Å². The molecule has 0 saturated heterocycles. The van der Waals surface area contributed by atoms with Crippen LogP contribution in [0.3, 0.4) is 0 Å². The Morgan fingerprint density at radius 1 is 1.03 bits per heavy atom. The summed E-state index contributed by atoms with van der Waals surface area (Å²) in [7, 11) is 8.00. The van der Waals surface area contributed by atoms with Crippen molar-refractivity contribution in [3.05, 3.63) is 47.0 Å². The number of carbonyl (C=O) groups is 3. The molecule has 0 fully saturated rings. The van der Waals surface area contributed by atoms with Crippen LogP contribution in [0, 0.1) is 22.7 Å². The molecular formula is C24H37N3O3. The molecule has 0 bridgehead atoms. The standard InChI is InChI=1S/C13H19NO2.C7H6O.C4H12N2/c1-10(13(2,3)4)7-11(5-6-15)12(8-14)9-16;8-6-7-4-2-1-3-5-7;1-5(2)6(3)4/h6,9-10H,5,7H2,1-4H3;1-6H;1-4H3/b12-11+;;. The van der Waals surface area contributed by atoms with E-state index in [-0.39, 0.29) is 17.4 Å². The van der Waals surface area contributed by atoms with E-state index in [2.05, 4.69) is 27.7 Å². The maximum Gasteiger partial charge on any atom is 0.160 e. The minimum absolute atomic E-state index is 0.0948. The molecule has 0 radical (unpaired) electrons. The number of rotatable bonds is 7. The Bertz CT molecular complexity index is 691. The average molecular weight is 416 g/mol. The van der Waals surface area contributed by atoms with Crippen molar-refractivity contribution in [2.75, 3.05) is 28.2 Å². The largest absolute Gasteiger partial charge is 0.303 e. The molecule has 0 aliphatic rings. The monoisotopic (exact) mass is 415 g/mol. The second-order valence-corrected chi connectivity index (χ2v) is 8.31. The fraction of sp³-hybridized carbons (Fsp3) is 0.500. The van der Waals surface area contributed by atoms with Crippen LogP contribution in [-0.4, -0.2) is 57.1 Å². The lowest BCUT2D eigenvalue weighted by Gasteiger charge is -2.28. The van der Waals surface area contributed by atoms with Gasteiger partial charge in [0.15, 0.2) is 6.29 Å². The molecule has 0 amide bonds. The van der Waals surface area contributed by atoms with Crippen molar-refractivity contribution in [1.29, 1.82) is 5.26 Å². The van der Waals surface area contributed by atoms with Crippen LogP contribution >= 0.6 is 0 Å². The number of nitrogens with zero attached hydrogens (tertiary/aromatic N) is 3. The van der Waals surface area contributed by atoms with Gasteiger partial charge in [0.05, 0.1) is 5.57 Å². The highest BCUT2D eigenvalue weighted by Gasteiger charge is 2.22. The number of aldehydes is 3. The van der Waals surface area contributed by atoms with Crippen molar-refractivity contribution < 1.29 is 14.4 Å². The van der Waals surface area contributed by atoms with Gasteiger partial charge in [0.25, 0.3) is 0 Å². The summed E-state index contributed by atoms with van der Waals surface area (Å²) < 4.78 is 0. The third-order valence-corrected chi connectivity index (χ3v) is 4.72. The highest BCUT2D eigenvalue weighted by atomic mass is 16.1. The van der Waals surface area contributed by atoms with E-state index in [1.807, 2.05) is 62.5 Å². The van der Waals surface area contributed by atoms with Crippen molar-refractivity contribution in [3.8, 4) is 6.07 Å². The number of hydrazine groups is 1. The summed E-state index contributed by atoms with van der Waals surface area (Å²) in [5, 5.41) is 12.8. The Labute approximate surface area is 182 Å². The molecule has 30 heavy (non-hydrogen) atoms. The topological polar surface area (TPSA) is 81.5 Å². The van der Waals surface area contributed by atoms with Crippen molar-refractivity contribution in [2.45, 2.75) is 40.5 Å². The fourth-order valence-corrected chi connectivity index (χ4v) is 1.80. The third kappa shape index (κ3) is 14.4. The molecule has 1 atom stereocenters. The highest BCUT2D eigenvalue weighted by molar-refractivity contribution is 5.81. The van der Waals surface area contributed by atoms with E-state index in [0.717, 1.165) is 18.1 Å². The molecule has 6 heteroatoms. The molecule has 0 N–H and O–H groups in total. The summed E-state index contributed by atoms with van der Waals surface area (Å²) in [6.07, 6.45) is 2.89. The van der Waals surface area contributed by atoms with Crippen LogP contribution in [0.15, 0.2) is 41.5 Å². The summed E-state index contributed by atoms with van der Waals surface area (Å²) in [6.45, 7) is 8.36. The van der Waals surface area contributed by atoms with Crippen molar-refractivity contribution >= 4 is 18.9 Å². The first kappa shape index (κ1) is 29.6. The van der Waals surface area contributed by atoms with Crippen LogP contribution in [-0.2, 0) is 9.59 Å². The predicted octanol–water partition coefficient (Wildman–Crippen LogP) is 4.19. The van der Waals surface area contributed by atoms with Gasteiger partial charge in [0.2, 0.25) is 0 Å². The molecule has 0 aliphatic carbocycles. The highest BCUT2D eigenvalue weighted by Crippen LogP contribution is 2.31. The number of hydrogen-bond acceptors (Lipinski definition) is 6. The first-order valence-corrected chi connectivity index (χ1v) is 9.80. The molecule has 1 aromatic carbocycles. The van der Waals surface area contributed by atoms with Crippen molar-refractivity contribution in [1.82, 2.24) is 10.0 Å². The summed E-state index contributed by atoms with van der Waals surface area (Å²) >= 11 is 0. The first-order chi connectivity index (χ1) is 13.9. The van der Waals surface area contributed by atoms with Gasteiger partial charge >= 0.3 is 0 Å². The summed E-state index contributed by atoms with van der Waals surface area (Å²) in [6, 6.07) is 10.9. The predicted molar refractivity (Wildman–Crippen MR) is 122 cm³/mol. The van der Waals surface area contributed by atoms with Crippen LogP contribution in [0.4, 0.5) is 0 Å². The normalized spacial score (nSPS) is 12.3. The molecule has 0 saturated carbocycles. The van der Waals surface area contributed by atoms with Gasteiger partial charge in [0, 0.05) is 40.2 Å². The number of nitriles is 1. The summed E-state index contributed by atoms with van der Waals surface area (Å²) in [4.78, 5) is 31.2.